The number of aryl methyl sites for hydroxylation is 1. The quantitative estimate of drug-likeness (QED) is 0.821. The summed E-state index contributed by atoms with van der Waals surface area (Å²) in [5, 5.41) is 3.76. The first-order valence-electron chi connectivity index (χ1n) is 8.03. The molecule has 2 rings (SSSR count). The topological polar surface area (TPSA) is 21.3 Å². The second-order valence-corrected chi connectivity index (χ2v) is 7.57. The fourth-order valence-electron chi connectivity index (χ4n) is 3.29. The molecule has 1 aliphatic rings. The van der Waals surface area contributed by atoms with Gasteiger partial charge in [0.25, 0.3) is 0 Å². The molecule has 1 aromatic carbocycles. The van der Waals surface area contributed by atoms with E-state index in [1.807, 2.05) is 11.8 Å². The van der Waals surface area contributed by atoms with Crippen molar-refractivity contribution in [1.82, 2.24) is 5.32 Å². The van der Waals surface area contributed by atoms with Crippen molar-refractivity contribution in [2.24, 2.45) is 0 Å². The summed E-state index contributed by atoms with van der Waals surface area (Å²) >= 11 is 2.05. The van der Waals surface area contributed by atoms with Crippen LogP contribution in [0, 0.1) is 6.92 Å². The molecule has 1 N–H and O–H groups in total. The van der Waals surface area contributed by atoms with Crippen LogP contribution in [-0.2, 0) is 0 Å². The van der Waals surface area contributed by atoms with Gasteiger partial charge in [-0.15, -0.1) is 0 Å². The molecular weight excluding hydrogens is 278 g/mol. The zero-order valence-corrected chi connectivity index (χ0v) is 14.7. The molecule has 3 heteroatoms. The minimum Gasteiger partial charge on any atom is -0.496 e. The monoisotopic (exact) mass is 307 g/mol. The van der Waals surface area contributed by atoms with Gasteiger partial charge < -0.3 is 10.1 Å². The minimum absolute atomic E-state index is 0.325. The lowest BCUT2D eigenvalue weighted by Crippen LogP contribution is -2.40. The maximum absolute atomic E-state index is 5.52. The van der Waals surface area contributed by atoms with Crippen molar-refractivity contribution in [3.8, 4) is 5.75 Å². The van der Waals surface area contributed by atoms with E-state index in [0.717, 1.165) is 12.3 Å². The Bertz CT molecular complexity index is 455. The second kappa shape index (κ2) is 7.55. The predicted octanol–water partition coefficient (Wildman–Crippen LogP) is 4.72. The van der Waals surface area contributed by atoms with Crippen molar-refractivity contribution >= 4 is 11.8 Å². The average Bonchev–Trinajstić information content (AvgIpc) is 2.53. The van der Waals surface area contributed by atoms with Gasteiger partial charge in [-0.3, -0.25) is 0 Å². The van der Waals surface area contributed by atoms with Crippen LogP contribution in [-0.4, -0.2) is 24.7 Å². The Morgan fingerprint density at radius 3 is 2.62 bits per heavy atom. The molecule has 0 bridgehead atoms. The molecule has 1 fully saturated rings. The van der Waals surface area contributed by atoms with E-state index >= 15 is 0 Å². The zero-order valence-electron chi connectivity index (χ0n) is 13.9. The Kier molecular flexibility index (Phi) is 6.00. The summed E-state index contributed by atoms with van der Waals surface area (Å²) < 4.78 is 5.95. The highest BCUT2D eigenvalue weighted by Crippen LogP contribution is 2.38. The lowest BCUT2D eigenvalue weighted by Gasteiger charge is -2.37. The van der Waals surface area contributed by atoms with Crippen LogP contribution in [0.4, 0.5) is 0 Å². The van der Waals surface area contributed by atoms with E-state index in [2.05, 4.69) is 43.6 Å². The summed E-state index contributed by atoms with van der Waals surface area (Å²) in [6.45, 7) is 5.47. The van der Waals surface area contributed by atoms with Gasteiger partial charge >= 0.3 is 0 Å². The van der Waals surface area contributed by atoms with Crippen LogP contribution >= 0.6 is 11.8 Å². The van der Waals surface area contributed by atoms with Crippen LogP contribution in [0.5, 0.6) is 5.75 Å². The maximum Gasteiger partial charge on any atom is 0.123 e. The van der Waals surface area contributed by atoms with Gasteiger partial charge in [0.05, 0.1) is 7.11 Å². The summed E-state index contributed by atoms with van der Waals surface area (Å²) in [6.07, 6.45) is 9.13. The minimum atomic E-state index is 0.325. The Morgan fingerprint density at radius 2 is 2.00 bits per heavy atom. The highest BCUT2D eigenvalue weighted by atomic mass is 32.2. The maximum atomic E-state index is 5.52. The molecule has 1 aliphatic carbocycles. The molecule has 21 heavy (non-hydrogen) atoms. The molecule has 0 spiro atoms. The number of nitrogens with one attached hydrogen (secondary N) is 1. The Balaban J connectivity index is 2.04. The van der Waals surface area contributed by atoms with E-state index in [1.165, 1.54) is 43.2 Å². The molecule has 1 aromatic rings. The van der Waals surface area contributed by atoms with Crippen LogP contribution in [0.3, 0.4) is 0 Å². The molecule has 2 nitrogen and oxygen atoms in total. The zero-order chi connectivity index (χ0) is 15.3. The summed E-state index contributed by atoms with van der Waals surface area (Å²) in [7, 11) is 1.76. The lowest BCUT2D eigenvalue weighted by atomic mass is 9.88. The van der Waals surface area contributed by atoms with Gasteiger partial charge in [0.15, 0.2) is 0 Å². The number of benzene rings is 1. The third kappa shape index (κ3) is 4.17. The summed E-state index contributed by atoms with van der Waals surface area (Å²) in [5.74, 6) is 0.988. The first kappa shape index (κ1) is 16.7. The lowest BCUT2D eigenvalue weighted by molar-refractivity contribution is 0.361. The van der Waals surface area contributed by atoms with E-state index < -0.39 is 0 Å². The smallest absolute Gasteiger partial charge is 0.123 e. The van der Waals surface area contributed by atoms with Crippen LogP contribution in [0.15, 0.2) is 18.2 Å². The number of ether oxygens (including phenoxy) is 1. The first-order chi connectivity index (χ1) is 10.1. The number of hydrogen-bond acceptors (Lipinski definition) is 3. The van der Waals surface area contributed by atoms with Gasteiger partial charge in [0.2, 0.25) is 0 Å². The molecule has 1 saturated carbocycles. The largest absolute Gasteiger partial charge is 0.496 e. The highest BCUT2D eigenvalue weighted by Gasteiger charge is 2.31. The summed E-state index contributed by atoms with van der Waals surface area (Å²) in [4.78, 5) is 0. The fourth-order valence-corrected chi connectivity index (χ4v) is 4.21. The molecule has 0 amide bonds. The first-order valence-corrected chi connectivity index (χ1v) is 9.26. The van der Waals surface area contributed by atoms with Crippen molar-refractivity contribution in [2.75, 3.05) is 19.9 Å². The molecular formula is C18H29NOS. The van der Waals surface area contributed by atoms with Gasteiger partial charge in [-0.25, -0.2) is 0 Å². The molecule has 0 radical (unpaired) electrons. The van der Waals surface area contributed by atoms with Gasteiger partial charge in [-0.05, 0) is 39.0 Å². The van der Waals surface area contributed by atoms with Crippen molar-refractivity contribution in [1.29, 1.82) is 0 Å². The van der Waals surface area contributed by atoms with E-state index in [4.69, 9.17) is 4.74 Å². The van der Waals surface area contributed by atoms with Gasteiger partial charge in [0, 0.05) is 22.9 Å². The van der Waals surface area contributed by atoms with Crippen molar-refractivity contribution in [3.63, 3.8) is 0 Å². The SMILES string of the molecule is COc1ccc(C)cc1C(C)NCC1(SC)CCCCC1. The van der Waals surface area contributed by atoms with Crippen molar-refractivity contribution < 1.29 is 4.74 Å². The molecule has 0 heterocycles. The number of hydrogen-bond donors (Lipinski definition) is 1. The van der Waals surface area contributed by atoms with Gasteiger partial charge in [0.1, 0.15) is 5.75 Å². The number of rotatable bonds is 6. The standard InChI is InChI=1S/C18H29NOS/c1-14-8-9-17(20-3)16(12-14)15(2)19-13-18(21-4)10-6-5-7-11-18/h8-9,12,15,19H,5-7,10-11,13H2,1-4H3. The Morgan fingerprint density at radius 1 is 1.29 bits per heavy atom. The van der Waals surface area contributed by atoms with Crippen LogP contribution < -0.4 is 10.1 Å². The third-order valence-corrected chi connectivity index (χ3v) is 6.20. The van der Waals surface area contributed by atoms with E-state index in [1.54, 1.807) is 7.11 Å². The van der Waals surface area contributed by atoms with Crippen LogP contribution in [0.2, 0.25) is 0 Å². The van der Waals surface area contributed by atoms with E-state index in [0.29, 0.717) is 10.8 Å². The van der Waals surface area contributed by atoms with Crippen LogP contribution in [0.1, 0.15) is 56.2 Å². The molecule has 0 aliphatic heterocycles. The second-order valence-electron chi connectivity index (χ2n) is 6.30. The molecule has 1 atom stereocenters. The molecule has 0 aromatic heterocycles. The van der Waals surface area contributed by atoms with Gasteiger partial charge in [-0.1, -0.05) is 37.0 Å². The Hall–Kier alpha value is -0.670. The predicted molar refractivity (Wildman–Crippen MR) is 93.5 cm³/mol. The molecule has 0 saturated heterocycles. The Labute approximate surface area is 134 Å². The van der Waals surface area contributed by atoms with Crippen molar-refractivity contribution in [2.45, 2.75) is 56.7 Å². The van der Waals surface area contributed by atoms with E-state index in [9.17, 15) is 0 Å². The van der Waals surface area contributed by atoms with Crippen LogP contribution in [0.25, 0.3) is 0 Å². The number of thioether (sulfide) groups is 1. The molecule has 118 valence electrons. The summed E-state index contributed by atoms with van der Waals surface area (Å²) in [5.41, 5.74) is 2.56. The van der Waals surface area contributed by atoms with E-state index in [-0.39, 0.29) is 0 Å². The molecule has 1 unspecified atom stereocenters. The third-order valence-electron chi connectivity index (χ3n) is 4.78. The summed E-state index contributed by atoms with van der Waals surface area (Å²) in [6, 6.07) is 6.75. The average molecular weight is 308 g/mol. The normalized spacial score (nSPS) is 19.2. The highest BCUT2D eigenvalue weighted by molar-refractivity contribution is 8.00. The van der Waals surface area contributed by atoms with Gasteiger partial charge in [-0.2, -0.15) is 11.8 Å². The van der Waals surface area contributed by atoms with Crippen molar-refractivity contribution in [3.05, 3.63) is 29.3 Å². The fraction of sp³-hybridized carbons (Fsp3) is 0.667. The number of methoxy groups -OCH3 is 1.